The van der Waals surface area contributed by atoms with Crippen LogP contribution in [-0.4, -0.2) is 21.3 Å². The van der Waals surface area contributed by atoms with Gasteiger partial charge < -0.3 is 14.2 Å². The highest BCUT2D eigenvalue weighted by Gasteiger charge is 2.26. The van der Waals surface area contributed by atoms with E-state index in [1.165, 1.54) is 0 Å². The van der Waals surface area contributed by atoms with Gasteiger partial charge >= 0.3 is 0 Å². The lowest BCUT2D eigenvalue weighted by Crippen LogP contribution is -2.17. The molecule has 0 aliphatic heterocycles. The minimum Gasteiger partial charge on any atom is -0.496 e. The van der Waals surface area contributed by atoms with E-state index in [0.717, 1.165) is 23.1 Å². The van der Waals surface area contributed by atoms with Crippen molar-refractivity contribution in [2.75, 3.05) is 21.3 Å². The van der Waals surface area contributed by atoms with E-state index in [4.69, 9.17) is 14.2 Å². The maximum atomic E-state index is 9.20. The minimum atomic E-state index is -0.0234. The average Bonchev–Trinajstić information content (AvgIpc) is 2.65. The molecule has 0 fully saturated rings. The third kappa shape index (κ3) is 4.71. The van der Waals surface area contributed by atoms with Crippen LogP contribution in [-0.2, 0) is 0 Å². The molecule has 1 aromatic carbocycles. The van der Waals surface area contributed by atoms with Gasteiger partial charge in [0.1, 0.15) is 23.5 Å². The van der Waals surface area contributed by atoms with Gasteiger partial charge in [0.2, 0.25) is 0 Å². The van der Waals surface area contributed by atoms with Crippen LogP contribution in [0.15, 0.2) is 41.0 Å². The Kier molecular flexibility index (Phi) is 6.32. The number of hydrogen-bond acceptors (Lipinski definition) is 5. The number of allylic oxidation sites excluding steroid dienone is 5. The molecule has 2 rings (SSSR count). The zero-order valence-corrected chi connectivity index (χ0v) is 16.4. The molecule has 27 heavy (non-hydrogen) atoms. The SMILES string of the molecule is COc1cc(OC)c(OC)cc1/C=C/C1=CC(=C(C#N)C#N)CC(C)(C)C1. The molecule has 140 valence electrons. The second kappa shape index (κ2) is 8.47. The van der Waals surface area contributed by atoms with Gasteiger partial charge in [0.15, 0.2) is 11.5 Å². The first-order valence-corrected chi connectivity index (χ1v) is 8.59. The Balaban J connectivity index is 2.46. The van der Waals surface area contributed by atoms with Crippen LogP contribution in [0.5, 0.6) is 17.2 Å². The summed E-state index contributed by atoms with van der Waals surface area (Å²) in [5.41, 5.74) is 2.85. The van der Waals surface area contributed by atoms with Gasteiger partial charge in [-0.15, -0.1) is 0 Å². The molecule has 0 unspecified atom stereocenters. The van der Waals surface area contributed by atoms with E-state index >= 15 is 0 Å². The Hall–Kier alpha value is -3.18. The van der Waals surface area contributed by atoms with E-state index in [1.54, 1.807) is 27.4 Å². The first-order chi connectivity index (χ1) is 12.9. The molecule has 0 bridgehead atoms. The van der Waals surface area contributed by atoms with Crippen molar-refractivity contribution in [3.63, 3.8) is 0 Å². The van der Waals surface area contributed by atoms with Crippen LogP contribution in [0.25, 0.3) is 6.08 Å². The highest BCUT2D eigenvalue weighted by atomic mass is 16.5. The molecule has 0 saturated heterocycles. The quantitative estimate of drug-likeness (QED) is 0.701. The highest BCUT2D eigenvalue weighted by Crippen LogP contribution is 2.40. The van der Waals surface area contributed by atoms with E-state index < -0.39 is 0 Å². The molecule has 0 N–H and O–H groups in total. The summed E-state index contributed by atoms with van der Waals surface area (Å²) >= 11 is 0. The summed E-state index contributed by atoms with van der Waals surface area (Å²) < 4.78 is 16.1. The number of rotatable bonds is 5. The van der Waals surface area contributed by atoms with Crippen molar-refractivity contribution in [2.24, 2.45) is 5.41 Å². The van der Waals surface area contributed by atoms with Crippen LogP contribution in [0, 0.1) is 28.1 Å². The third-order valence-electron chi connectivity index (χ3n) is 4.47. The van der Waals surface area contributed by atoms with Crippen LogP contribution in [0.3, 0.4) is 0 Å². The average molecular weight is 364 g/mol. The molecule has 1 aliphatic rings. The van der Waals surface area contributed by atoms with E-state index in [2.05, 4.69) is 13.8 Å². The van der Waals surface area contributed by atoms with Crippen LogP contribution >= 0.6 is 0 Å². The van der Waals surface area contributed by atoms with Gasteiger partial charge in [0, 0.05) is 11.6 Å². The van der Waals surface area contributed by atoms with Crippen LogP contribution in [0.4, 0.5) is 0 Å². The predicted molar refractivity (Wildman–Crippen MR) is 104 cm³/mol. The van der Waals surface area contributed by atoms with Gasteiger partial charge in [-0.3, -0.25) is 0 Å². The van der Waals surface area contributed by atoms with Gasteiger partial charge in [-0.25, -0.2) is 0 Å². The molecular formula is C22H24N2O3. The largest absolute Gasteiger partial charge is 0.496 e. The number of nitrogens with zero attached hydrogens (tertiary/aromatic N) is 2. The van der Waals surface area contributed by atoms with Crippen molar-refractivity contribution in [3.05, 3.63) is 46.6 Å². The molecule has 0 atom stereocenters. The normalized spacial score (nSPS) is 15.5. The monoisotopic (exact) mass is 364 g/mol. The van der Waals surface area contributed by atoms with Crippen LogP contribution < -0.4 is 14.2 Å². The lowest BCUT2D eigenvalue weighted by Gasteiger charge is -2.30. The lowest BCUT2D eigenvalue weighted by molar-refractivity contribution is 0.348. The standard InChI is InChI=1S/C22H24N2O3/c1-22(2)11-15(8-17(12-22)18(13-23)14-24)6-7-16-9-20(26-4)21(27-5)10-19(16)25-3/h6-10H,11-12H2,1-5H3/b7-6+. The summed E-state index contributed by atoms with van der Waals surface area (Å²) in [6, 6.07) is 7.64. The summed E-state index contributed by atoms with van der Waals surface area (Å²) in [6.45, 7) is 4.27. The van der Waals surface area contributed by atoms with Gasteiger partial charge in [-0.2, -0.15) is 10.5 Å². The van der Waals surface area contributed by atoms with Gasteiger partial charge in [-0.1, -0.05) is 32.1 Å². The molecule has 0 saturated carbocycles. The van der Waals surface area contributed by atoms with E-state index in [-0.39, 0.29) is 11.0 Å². The second-order valence-electron chi connectivity index (χ2n) is 7.14. The fraction of sp³-hybridized carbons (Fsp3) is 0.364. The second-order valence-corrected chi connectivity index (χ2v) is 7.14. The number of methoxy groups -OCH3 is 3. The number of nitriles is 2. The third-order valence-corrected chi connectivity index (χ3v) is 4.47. The van der Waals surface area contributed by atoms with Gasteiger partial charge in [0.05, 0.1) is 21.3 Å². The molecular weight excluding hydrogens is 340 g/mol. The Bertz CT molecular complexity index is 877. The van der Waals surface area contributed by atoms with Crippen molar-refractivity contribution in [1.29, 1.82) is 10.5 Å². The molecule has 0 spiro atoms. The van der Waals surface area contributed by atoms with Crippen molar-refractivity contribution in [1.82, 2.24) is 0 Å². The number of benzene rings is 1. The molecule has 0 aromatic heterocycles. The smallest absolute Gasteiger partial charge is 0.164 e. The molecule has 1 aliphatic carbocycles. The molecule has 5 nitrogen and oxygen atoms in total. The summed E-state index contributed by atoms with van der Waals surface area (Å²) in [5.74, 6) is 1.89. The fourth-order valence-corrected chi connectivity index (χ4v) is 3.27. The summed E-state index contributed by atoms with van der Waals surface area (Å²) in [4.78, 5) is 0. The zero-order chi connectivity index (χ0) is 20.0. The number of ether oxygens (including phenoxy) is 3. The lowest BCUT2D eigenvalue weighted by atomic mass is 9.74. The van der Waals surface area contributed by atoms with Crippen molar-refractivity contribution < 1.29 is 14.2 Å². The molecule has 1 aromatic rings. The number of hydrogen-bond donors (Lipinski definition) is 0. The summed E-state index contributed by atoms with van der Waals surface area (Å²) in [5, 5.41) is 18.4. The Labute approximate surface area is 160 Å². The van der Waals surface area contributed by atoms with Crippen LogP contribution in [0.2, 0.25) is 0 Å². The Morgan fingerprint density at radius 3 is 2.07 bits per heavy atom. The minimum absolute atomic E-state index is 0.0234. The highest BCUT2D eigenvalue weighted by molar-refractivity contribution is 5.65. The van der Waals surface area contributed by atoms with Crippen molar-refractivity contribution >= 4 is 6.08 Å². The maximum absolute atomic E-state index is 9.20. The van der Waals surface area contributed by atoms with Gasteiger partial charge in [-0.05, 0) is 35.5 Å². The van der Waals surface area contributed by atoms with E-state index in [0.29, 0.717) is 23.7 Å². The maximum Gasteiger partial charge on any atom is 0.164 e. The van der Waals surface area contributed by atoms with Gasteiger partial charge in [0.25, 0.3) is 0 Å². The molecule has 0 heterocycles. The fourth-order valence-electron chi connectivity index (χ4n) is 3.27. The first kappa shape index (κ1) is 20.1. The van der Waals surface area contributed by atoms with E-state index in [9.17, 15) is 10.5 Å². The van der Waals surface area contributed by atoms with E-state index in [1.807, 2.05) is 36.4 Å². The first-order valence-electron chi connectivity index (χ1n) is 8.59. The predicted octanol–water partition coefficient (Wildman–Crippen LogP) is 4.82. The molecule has 0 radical (unpaired) electrons. The Morgan fingerprint density at radius 2 is 1.52 bits per heavy atom. The van der Waals surface area contributed by atoms with Crippen molar-refractivity contribution in [2.45, 2.75) is 26.7 Å². The Morgan fingerprint density at radius 1 is 0.926 bits per heavy atom. The topological polar surface area (TPSA) is 75.3 Å². The molecule has 5 heteroatoms. The zero-order valence-electron chi connectivity index (χ0n) is 16.4. The molecule has 0 amide bonds. The van der Waals surface area contributed by atoms with Crippen molar-refractivity contribution in [3.8, 4) is 29.4 Å². The summed E-state index contributed by atoms with van der Waals surface area (Å²) in [7, 11) is 4.78. The van der Waals surface area contributed by atoms with Crippen LogP contribution in [0.1, 0.15) is 32.3 Å². The summed E-state index contributed by atoms with van der Waals surface area (Å²) in [6.07, 6.45) is 7.45.